The van der Waals surface area contributed by atoms with Crippen molar-refractivity contribution in [2.75, 3.05) is 5.32 Å². The van der Waals surface area contributed by atoms with Gasteiger partial charge < -0.3 is 10.4 Å². The van der Waals surface area contributed by atoms with E-state index in [-0.39, 0.29) is 33.7 Å². The van der Waals surface area contributed by atoms with Crippen LogP contribution in [-0.4, -0.2) is 16.5 Å². The zero-order valence-electron chi connectivity index (χ0n) is 16.3. The van der Waals surface area contributed by atoms with Gasteiger partial charge >= 0.3 is 5.51 Å². The van der Waals surface area contributed by atoms with Crippen LogP contribution in [0.2, 0.25) is 0 Å². The Labute approximate surface area is 184 Å². The highest BCUT2D eigenvalue weighted by atomic mass is 32.2. The average Bonchev–Trinajstić information content (AvgIpc) is 2.75. The molecule has 0 saturated heterocycles. The Morgan fingerprint density at radius 1 is 0.875 bits per heavy atom. The van der Waals surface area contributed by atoms with Crippen LogP contribution in [-0.2, 0) is 0 Å². The lowest BCUT2D eigenvalue weighted by Crippen LogP contribution is -2.12. The van der Waals surface area contributed by atoms with Crippen LogP contribution < -0.4 is 5.32 Å². The van der Waals surface area contributed by atoms with Gasteiger partial charge in [-0.15, -0.1) is 0 Å². The molecule has 0 spiro atoms. The van der Waals surface area contributed by atoms with E-state index < -0.39 is 17.2 Å². The van der Waals surface area contributed by atoms with Gasteiger partial charge in [0.2, 0.25) is 0 Å². The minimum Gasteiger partial charge on any atom is -0.506 e. The second-order valence-electron chi connectivity index (χ2n) is 6.90. The normalized spacial score (nSPS) is 11.5. The summed E-state index contributed by atoms with van der Waals surface area (Å²) in [6, 6.07) is 19.4. The highest BCUT2D eigenvalue weighted by Gasteiger charge is 2.29. The molecule has 0 aliphatic rings. The van der Waals surface area contributed by atoms with Gasteiger partial charge in [0.05, 0.1) is 5.56 Å². The monoisotopic (exact) mass is 457 g/mol. The van der Waals surface area contributed by atoms with Gasteiger partial charge in [0, 0.05) is 16.0 Å². The van der Waals surface area contributed by atoms with Gasteiger partial charge in [-0.1, -0.05) is 36.4 Å². The van der Waals surface area contributed by atoms with Crippen molar-refractivity contribution in [1.29, 1.82) is 0 Å². The molecule has 0 atom stereocenters. The minimum absolute atomic E-state index is 0.0114. The third-order valence-corrected chi connectivity index (χ3v) is 5.50. The van der Waals surface area contributed by atoms with Crippen molar-refractivity contribution in [1.82, 2.24) is 0 Å². The fourth-order valence-corrected chi connectivity index (χ4v) is 3.88. The van der Waals surface area contributed by atoms with Crippen molar-refractivity contribution < 1.29 is 27.5 Å². The fourth-order valence-electron chi connectivity index (χ4n) is 3.34. The predicted octanol–water partition coefficient (Wildman–Crippen LogP) is 7.22. The van der Waals surface area contributed by atoms with Crippen molar-refractivity contribution >= 4 is 34.1 Å². The largest absolute Gasteiger partial charge is 0.506 e. The average molecular weight is 457 g/mol. The van der Waals surface area contributed by atoms with Crippen LogP contribution in [0.4, 0.5) is 23.2 Å². The minimum atomic E-state index is -4.40. The van der Waals surface area contributed by atoms with Crippen LogP contribution in [0.3, 0.4) is 0 Å². The van der Waals surface area contributed by atoms with Crippen LogP contribution in [0, 0.1) is 5.82 Å². The first-order valence-corrected chi connectivity index (χ1v) is 10.2. The maximum Gasteiger partial charge on any atom is 0.446 e. The zero-order valence-corrected chi connectivity index (χ0v) is 17.1. The first-order chi connectivity index (χ1) is 15.2. The highest BCUT2D eigenvalue weighted by molar-refractivity contribution is 8.00. The molecule has 0 bridgehead atoms. The van der Waals surface area contributed by atoms with Crippen LogP contribution in [0.5, 0.6) is 5.75 Å². The van der Waals surface area contributed by atoms with Gasteiger partial charge in [-0.2, -0.15) is 13.2 Å². The molecule has 0 unspecified atom stereocenters. The number of halogens is 4. The lowest BCUT2D eigenvalue weighted by molar-refractivity contribution is -0.0328. The first-order valence-electron chi connectivity index (χ1n) is 9.39. The van der Waals surface area contributed by atoms with E-state index >= 15 is 0 Å². The summed E-state index contributed by atoms with van der Waals surface area (Å²) in [5.74, 6) is -1.26. The summed E-state index contributed by atoms with van der Waals surface area (Å²) < 4.78 is 50.9. The molecule has 2 N–H and O–H groups in total. The molecule has 1 amide bonds. The Morgan fingerprint density at radius 3 is 2.12 bits per heavy atom. The van der Waals surface area contributed by atoms with Gasteiger partial charge in [-0.05, 0) is 70.7 Å². The van der Waals surface area contributed by atoms with E-state index in [0.717, 1.165) is 0 Å². The number of anilines is 1. The van der Waals surface area contributed by atoms with Crippen molar-refractivity contribution in [2.24, 2.45) is 0 Å². The van der Waals surface area contributed by atoms with E-state index in [1.807, 2.05) is 0 Å². The molecule has 0 heterocycles. The number of carbonyl (C=O) groups is 1. The van der Waals surface area contributed by atoms with Gasteiger partial charge in [0.1, 0.15) is 11.6 Å². The third kappa shape index (κ3) is 4.70. The Hall–Kier alpha value is -3.52. The number of alkyl halides is 3. The molecule has 3 nitrogen and oxygen atoms in total. The number of hydrogen-bond donors (Lipinski definition) is 2. The van der Waals surface area contributed by atoms with E-state index in [1.165, 1.54) is 42.5 Å². The Morgan fingerprint density at radius 2 is 1.50 bits per heavy atom. The maximum absolute atomic E-state index is 13.4. The molecule has 0 aliphatic heterocycles. The number of benzene rings is 4. The van der Waals surface area contributed by atoms with Crippen molar-refractivity contribution in [3.8, 4) is 16.9 Å². The van der Waals surface area contributed by atoms with E-state index in [9.17, 15) is 27.5 Å². The number of fused-ring (bicyclic) bond motifs is 1. The molecule has 0 aromatic heterocycles. The predicted molar refractivity (Wildman–Crippen MR) is 117 cm³/mol. The number of nitrogens with one attached hydrogen (secondary N) is 1. The molecular weight excluding hydrogens is 442 g/mol. The number of amides is 1. The summed E-state index contributed by atoms with van der Waals surface area (Å²) in [6.07, 6.45) is 0. The summed E-state index contributed by atoms with van der Waals surface area (Å²) >= 11 is -0.250. The molecule has 0 aliphatic carbocycles. The summed E-state index contributed by atoms with van der Waals surface area (Å²) in [4.78, 5) is 12.9. The Balaban J connectivity index is 1.70. The summed E-state index contributed by atoms with van der Waals surface area (Å²) in [5, 5.41) is 14.5. The zero-order chi connectivity index (χ0) is 22.9. The van der Waals surface area contributed by atoms with Crippen molar-refractivity contribution in [3.63, 3.8) is 0 Å². The number of phenolic OH excluding ortho intramolecular Hbond substituents is 1. The van der Waals surface area contributed by atoms with Gasteiger partial charge in [0.15, 0.2) is 0 Å². The summed E-state index contributed by atoms with van der Waals surface area (Å²) in [5.41, 5.74) is -2.86. The maximum atomic E-state index is 13.4. The summed E-state index contributed by atoms with van der Waals surface area (Å²) in [6.45, 7) is 0. The Bertz CT molecular complexity index is 1290. The highest BCUT2D eigenvalue weighted by Crippen LogP contribution is 2.38. The molecule has 32 heavy (non-hydrogen) atoms. The first kappa shape index (κ1) is 21.7. The quantitative estimate of drug-likeness (QED) is 0.251. The molecule has 0 radical (unpaired) electrons. The van der Waals surface area contributed by atoms with E-state index in [4.69, 9.17) is 0 Å². The van der Waals surface area contributed by atoms with Gasteiger partial charge in [-0.25, -0.2) is 4.39 Å². The van der Waals surface area contributed by atoms with Crippen LogP contribution in [0.25, 0.3) is 21.9 Å². The molecule has 8 heteroatoms. The molecule has 0 fully saturated rings. The van der Waals surface area contributed by atoms with Gasteiger partial charge in [-0.3, -0.25) is 4.79 Å². The smallest absolute Gasteiger partial charge is 0.446 e. The second kappa shape index (κ2) is 8.55. The summed E-state index contributed by atoms with van der Waals surface area (Å²) in [7, 11) is 0. The fraction of sp³-hybridized carbons (Fsp3) is 0.0417. The molecule has 162 valence electrons. The second-order valence-corrected chi connectivity index (χ2v) is 8.04. The standard InChI is InChI=1S/C24H15F4NO2S/c25-15-7-5-14(6-8-15)20-13-21(22(30)19-4-2-1-3-18(19)20)23(31)29-16-9-11-17(12-10-16)32-24(26,27)28/h1-13,30H,(H,29,31). The molecule has 0 saturated carbocycles. The van der Waals surface area contributed by atoms with Crippen molar-refractivity contribution in [2.45, 2.75) is 10.4 Å². The lowest BCUT2D eigenvalue weighted by Gasteiger charge is -2.14. The van der Waals surface area contributed by atoms with Crippen LogP contribution in [0.1, 0.15) is 10.4 Å². The van der Waals surface area contributed by atoms with Gasteiger partial charge in [0.25, 0.3) is 5.91 Å². The number of thioether (sulfide) groups is 1. The molecule has 4 aromatic carbocycles. The van der Waals surface area contributed by atoms with Crippen LogP contribution in [0.15, 0.2) is 83.8 Å². The molecule has 4 aromatic rings. The van der Waals surface area contributed by atoms with Crippen LogP contribution >= 0.6 is 11.8 Å². The molecule has 4 rings (SSSR count). The molecular formula is C24H15F4NO2S. The number of hydrogen-bond acceptors (Lipinski definition) is 3. The van der Waals surface area contributed by atoms with E-state index in [1.54, 1.807) is 36.4 Å². The number of aromatic hydroxyl groups is 1. The van der Waals surface area contributed by atoms with Crippen molar-refractivity contribution in [3.05, 3.63) is 90.2 Å². The number of rotatable bonds is 4. The van der Waals surface area contributed by atoms with E-state index in [2.05, 4.69) is 5.32 Å². The lowest BCUT2D eigenvalue weighted by atomic mass is 9.94. The SMILES string of the molecule is O=C(Nc1ccc(SC(F)(F)F)cc1)c1cc(-c2ccc(F)cc2)c2ccccc2c1O. The topological polar surface area (TPSA) is 49.3 Å². The number of carbonyl (C=O) groups excluding carboxylic acids is 1. The number of phenols is 1. The third-order valence-electron chi connectivity index (χ3n) is 4.76. The van der Waals surface area contributed by atoms with E-state index in [0.29, 0.717) is 21.9 Å². The Kier molecular flexibility index (Phi) is 5.80.